The molecule has 0 saturated carbocycles. The van der Waals surface area contributed by atoms with Gasteiger partial charge in [-0.25, -0.2) is 12.7 Å². The molecule has 1 aliphatic rings. The average molecular weight is 302 g/mol. The number of sulfonamides is 1. The van der Waals surface area contributed by atoms with Crippen LogP contribution < -0.4 is 0 Å². The van der Waals surface area contributed by atoms with Gasteiger partial charge in [0.05, 0.1) is 5.75 Å². The summed E-state index contributed by atoms with van der Waals surface area (Å²) in [6.45, 7) is 5.64. The Morgan fingerprint density at radius 1 is 1.16 bits per heavy atom. The van der Waals surface area contributed by atoms with E-state index in [1.807, 2.05) is 0 Å². The molecule has 0 spiro atoms. The molecular formula is C14H20ClNO2S. The molecule has 106 valence electrons. The number of benzene rings is 1. The Labute approximate surface area is 120 Å². The van der Waals surface area contributed by atoms with Gasteiger partial charge >= 0.3 is 0 Å². The van der Waals surface area contributed by atoms with Crippen LogP contribution >= 0.6 is 11.6 Å². The number of hydrogen-bond donors (Lipinski definition) is 0. The van der Waals surface area contributed by atoms with E-state index in [0.717, 1.165) is 18.4 Å². The van der Waals surface area contributed by atoms with Crippen LogP contribution in [0.25, 0.3) is 0 Å². The fourth-order valence-electron chi connectivity index (χ4n) is 2.25. The van der Waals surface area contributed by atoms with Crippen molar-refractivity contribution in [3.8, 4) is 0 Å². The predicted molar refractivity (Wildman–Crippen MR) is 78.7 cm³/mol. The third-order valence-corrected chi connectivity index (χ3v) is 5.83. The third-order valence-electron chi connectivity index (χ3n) is 3.73. The zero-order chi connectivity index (χ0) is 14.1. The molecule has 0 aromatic heterocycles. The van der Waals surface area contributed by atoms with E-state index in [9.17, 15) is 8.42 Å². The minimum absolute atomic E-state index is 0.0601. The first-order valence-electron chi connectivity index (χ1n) is 6.51. The van der Waals surface area contributed by atoms with Gasteiger partial charge in [-0.2, -0.15) is 0 Å². The van der Waals surface area contributed by atoms with Crippen molar-refractivity contribution in [2.45, 2.75) is 32.4 Å². The Bertz CT molecular complexity index is 527. The molecule has 2 rings (SSSR count). The van der Waals surface area contributed by atoms with Crippen molar-refractivity contribution >= 4 is 21.6 Å². The van der Waals surface area contributed by atoms with Gasteiger partial charge in [-0.1, -0.05) is 37.6 Å². The van der Waals surface area contributed by atoms with Gasteiger partial charge in [-0.3, -0.25) is 0 Å². The zero-order valence-corrected chi connectivity index (χ0v) is 13.0. The second-order valence-corrected chi connectivity index (χ2v) is 8.35. The van der Waals surface area contributed by atoms with E-state index in [4.69, 9.17) is 11.6 Å². The minimum atomic E-state index is -3.21. The lowest BCUT2D eigenvalue weighted by molar-refractivity contribution is 0.195. The smallest absolute Gasteiger partial charge is 0.212 e. The van der Waals surface area contributed by atoms with Crippen molar-refractivity contribution in [2.75, 3.05) is 13.1 Å². The number of hydrogen-bond acceptors (Lipinski definition) is 2. The van der Waals surface area contributed by atoms with Crippen molar-refractivity contribution in [1.29, 1.82) is 0 Å². The maximum absolute atomic E-state index is 12.3. The fraction of sp³-hybridized carbons (Fsp3) is 0.571. The molecule has 3 nitrogen and oxygen atoms in total. The first-order chi connectivity index (χ1) is 8.78. The SMILES string of the molecule is CC1(C)CCN(S(=O)(=O)Cc2ccc(Cl)cc2)CC1. The predicted octanol–water partition coefficient (Wildman–Crippen LogP) is 3.29. The Morgan fingerprint density at radius 3 is 2.21 bits per heavy atom. The summed E-state index contributed by atoms with van der Waals surface area (Å²) in [5.41, 5.74) is 1.04. The Morgan fingerprint density at radius 2 is 1.68 bits per heavy atom. The monoisotopic (exact) mass is 301 g/mol. The zero-order valence-electron chi connectivity index (χ0n) is 11.4. The molecule has 0 atom stereocenters. The highest BCUT2D eigenvalue weighted by Gasteiger charge is 2.31. The van der Waals surface area contributed by atoms with Crippen LogP contribution in [0.1, 0.15) is 32.3 Å². The van der Waals surface area contributed by atoms with E-state index in [2.05, 4.69) is 13.8 Å². The first kappa shape index (κ1) is 14.8. The Kier molecular flexibility index (Phi) is 4.23. The molecule has 1 aliphatic heterocycles. The van der Waals surface area contributed by atoms with E-state index in [1.165, 1.54) is 0 Å². The van der Waals surface area contributed by atoms with Gasteiger partial charge in [-0.05, 0) is 36.0 Å². The fourth-order valence-corrected chi connectivity index (χ4v) is 3.91. The molecule has 5 heteroatoms. The summed E-state index contributed by atoms with van der Waals surface area (Å²) in [7, 11) is -3.21. The molecule has 0 amide bonds. The van der Waals surface area contributed by atoms with Gasteiger partial charge in [0, 0.05) is 18.1 Å². The normalized spacial score (nSPS) is 20.4. The topological polar surface area (TPSA) is 37.4 Å². The van der Waals surface area contributed by atoms with E-state index < -0.39 is 10.0 Å². The van der Waals surface area contributed by atoms with Crippen LogP contribution in [0.4, 0.5) is 0 Å². The number of piperidine rings is 1. The molecule has 1 aromatic carbocycles. The summed E-state index contributed by atoms with van der Waals surface area (Å²) in [5, 5.41) is 0.626. The highest BCUT2D eigenvalue weighted by Crippen LogP contribution is 2.31. The quantitative estimate of drug-likeness (QED) is 0.859. The molecule has 1 fully saturated rings. The first-order valence-corrected chi connectivity index (χ1v) is 8.50. The van der Waals surface area contributed by atoms with Crippen molar-refractivity contribution in [3.05, 3.63) is 34.9 Å². The lowest BCUT2D eigenvalue weighted by Crippen LogP contribution is -2.41. The van der Waals surface area contributed by atoms with E-state index >= 15 is 0 Å². The summed E-state index contributed by atoms with van der Waals surface area (Å²) < 4.78 is 26.3. The van der Waals surface area contributed by atoms with Crippen molar-refractivity contribution in [2.24, 2.45) is 5.41 Å². The van der Waals surface area contributed by atoms with Gasteiger partial charge in [0.25, 0.3) is 0 Å². The summed E-state index contributed by atoms with van der Waals surface area (Å²) in [6.07, 6.45) is 1.85. The van der Waals surface area contributed by atoms with Crippen molar-refractivity contribution < 1.29 is 8.42 Å². The molecule has 0 unspecified atom stereocenters. The minimum Gasteiger partial charge on any atom is -0.212 e. The molecule has 19 heavy (non-hydrogen) atoms. The van der Waals surface area contributed by atoms with Gasteiger partial charge in [0.15, 0.2) is 0 Å². The van der Waals surface area contributed by atoms with Gasteiger partial charge < -0.3 is 0 Å². The van der Waals surface area contributed by atoms with Gasteiger partial charge in [0.2, 0.25) is 10.0 Å². The molecule has 1 heterocycles. The lowest BCUT2D eigenvalue weighted by Gasteiger charge is -2.36. The Balaban J connectivity index is 2.05. The molecule has 0 bridgehead atoms. The van der Waals surface area contributed by atoms with Crippen LogP contribution in [0.5, 0.6) is 0 Å². The Hall–Kier alpha value is -0.580. The van der Waals surface area contributed by atoms with Crippen LogP contribution in [-0.4, -0.2) is 25.8 Å². The number of halogens is 1. The molecular weight excluding hydrogens is 282 g/mol. The van der Waals surface area contributed by atoms with Gasteiger partial charge in [-0.15, -0.1) is 0 Å². The van der Waals surface area contributed by atoms with E-state index in [-0.39, 0.29) is 11.2 Å². The van der Waals surface area contributed by atoms with Crippen molar-refractivity contribution in [1.82, 2.24) is 4.31 Å². The largest absolute Gasteiger partial charge is 0.218 e. The summed E-state index contributed by atoms with van der Waals surface area (Å²) >= 11 is 5.80. The summed E-state index contributed by atoms with van der Waals surface area (Å²) in [5.74, 6) is 0.0601. The highest BCUT2D eigenvalue weighted by atomic mass is 35.5. The van der Waals surface area contributed by atoms with Crippen LogP contribution in [0, 0.1) is 5.41 Å². The maximum atomic E-state index is 12.3. The van der Waals surface area contributed by atoms with E-state index in [0.29, 0.717) is 18.1 Å². The molecule has 1 saturated heterocycles. The highest BCUT2D eigenvalue weighted by molar-refractivity contribution is 7.88. The van der Waals surface area contributed by atoms with Gasteiger partial charge in [0.1, 0.15) is 0 Å². The van der Waals surface area contributed by atoms with E-state index in [1.54, 1.807) is 28.6 Å². The molecule has 0 aliphatic carbocycles. The standard InChI is InChI=1S/C14H20ClNO2S/c1-14(2)7-9-16(10-8-14)19(17,18)11-12-3-5-13(15)6-4-12/h3-6H,7-11H2,1-2H3. The van der Waals surface area contributed by atoms with Crippen LogP contribution in [0.2, 0.25) is 5.02 Å². The molecule has 0 radical (unpaired) electrons. The summed E-state index contributed by atoms with van der Waals surface area (Å²) in [6, 6.07) is 7.00. The van der Waals surface area contributed by atoms with Crippen molar-refractivity contribution in [3.63, 3.8) is 0 Å². The summed E-state index contributed by atoms with van der Waals surface area (Å²) in [4.78, 5) is 0. The van der Waals surface area contributed by atoms with Crippen LogP contribution in [0.3, 0.4) is 0 Å². The second kappa shape index (κ2) is 5.43. The van der Waals surface area contributed by atoms with Crippen LogP contribution in [0.15, 0.2) is 24.3 Å². The second-order valence-electron chi connectivity index (χ2n) is 5.95. The lowest BCUT2D eigenvalue weighted by atomic mass is 9.83. The number of rotatable bonds is 3. The average Bonchev–Trinajstić information content (AvgIpc) is 2.31. The molecule has 0 N–H and O–H groups in total. The third kappa shape index (κ3) is 3.94. The number of nitrogens with zero attached hydrogens (tertiary/aromatic N) is 1. The van der Waals surface area contributed by atoms with Crippen LogP contribution in [-0.2, 0) is 15.8 Å². The maximum Gasteiger partial charge on any atom is 0.218 e. The molecule has 1 aromatic rings.